The number of ether oxygens (including phenoxy) is 1. The summed E-state index contributed by atoms with van der Waals surface area (Å²) in [6.07, 6.45) is 0.762. The average Bonchev–Trinajstić information content (AvgIpc) is 2.38. The van der Waals surface area contributed by atoms with Gasteiger partial charge in [-0.05, 0) is 46.5 Å². The second-order valence-corrected chi connectivity index (χ2v) is 5.35. The quantitative estimate of drug-likeness (QED) is 0.848. The van der Waals surface area contributed by atoms with Crippen molar-refractivity contribution in [3.63, 3.8) is 0 Å². The Morgan fingerprint density at radius 1 is 1.33 bits per heavy atom. The van der Waals surface area contributed by atoms with E-state index in [1.165, 1.54) is 0 Å². The molecule has 18 heavy (non-hydrogen) atoms. The van der Waals surface area contributed by atoms with Crippen LogP contribution >= 0.6 is 15.9 Å². The zero-order chi connectivity index (χ0) is 13.8. The van der Waals surface area contributed by atoms with Crippen LogP contribution in [0.1, 0.15) is 32.3 Å². The molecule has 3 nitrogen and oxygen atoms in total. The summed E-state index contributed by atoms with van der Waals surface area (Å²) in [5, 5.41) is 20.4. The van der Waals surface area contributed by atoms with E-state index in [1.807, 2.05) is 32.0 Å². The van der Waals surface area contributed by atoms with Crippen LogP contribution in [0, 0.1) is 0 Å². The van der Waals surface area contributed by atoms with Gasteiger partial charge in [0.25, 0.3) is 0 Å². The van der Waals surface area contributed by atoms with Crippen molar-refractivity contribution in [3.8, 4) is 5.75 Å². The van der Waals surface area contributed by atoms with Crippen LogP contribution < -0.4 is 4.74 Å². The fourth-order valence-corrected chi connectivity index (χ4v) is 2.56. The second kappa shape index (κ2) is 6.55. The first-order chi connectivity index (χ1) is 8.46. The Balaban J connectivity index is 2.82. The number of rotatable bonds is 6. The largest absolute Gasteiger partial charge is 0.496 e. The molecular weight excluding hydrogens is 296 g/mol. The molecule has 0 heterocycles. The number of hydrogen-bond acceptors (Lipinski definition) is 3. The van der Waals surface area contributed by atoms with E-state index in [2.05, 4.69) is 15.9 Å². The molecule has 0 aliphatic heterocycles. The van der Waals surface area contributed by atoms with Crippen molar-refractivity contribution in [3.05, 3.63) is 28.2 Å². The number of halogens is 1. The van der Waals surface area contributed by atoms with Crippen LogP contribution in [0.4, 0.5) is 0 Å². The summed E-state index contributed by atoms with van der Waals surface area (Å²) in [6.45, 7) is 3.77. The van der Waals surface area contributed by atoms with Crippen molar-refractivity contribution in [2.75, 3.05) is 7.11 Å². The Morgan fingerprint density at radius 3 is 2.39 bits per heavy atom. The number of aliphatic hydroxyl groups excluding tert-OH is 1. The summed E-state index contributed by atoms with van der Waals surface area (Å²) < 4.78 is 6.01. The first-order valence-corrected chi connectivity index (χ1v) is 6.99. The van der Waals surface area contributed by atoms with E-state index in [0.717, 1.165) is 15.8 Å². The molecule has 1 aromatic rings. The molecule has 0 amide bonds. The lowest BCUT2D eigenvalue weighted by atomic mass is 9.87. The molecule has 0 bridgehead atoms. The van der Waals surface area contributed by atoms with Crippen molar-refractivity contribution in [1.82, 2.24) is 0 Å². The summed E-state index contributed by atoms with van der Waals surface area (Å²) in [5.74, 6) is 0.759. The third-order valence-corrected chi connectivity index (χ3v) is 4.11. The first kappa shape index (κ1) is 15.5. The summed E-state index contributed by atoms with van der Waals surface area (Å²) in [6, 6.07) is 5.66. The maximum absolute atomic E-state index is 10.2. The Labute approximate surface area is 117 Å². The standard InChI is InChI=1S/C14H21BrO3/c1-4-14(17,5-2)13(16)9-10-6-7-12(18-3)11(15)8-10/h6-8,13,16-17H,4-5,9H2,1-3H3. The SMILES string of the molecule is CCC(O)(CC)C(O)Cc1ccc(OC)c(Br)c1. The predicted molar refractivity (Wildman–Crippen MR) is 75.9 cm³/mol. The number of benzene rings is 1. The fraction of sp³-hybridized carbons (Fsp3) is 0.571. The molecule has 4 heteroatoms. The molecule has 0 aromatic heterocycles. The maximum Gasteiger partial charge on any atom is 0.133 e. The highest BCUT2D eigenvalue weighted by Crippen LogP contribution is 2.28. The van der Waals surface area contributed by atoms with E-state index in [0.29, 0.717) is 19.3 Å². The van der Waals surface area contributed by atoms with E-state index in [1.54, 1.807) is 7.11 Å². The lowest BCUT2D eigenvalue weighted by molar-refractivity contribution is -0.0790. The van der Waals surface area contributed by atoms with E-state index < -0.39 is 11.7 Å². The Bertz CT molecular complexity index is 389. The van der Waals surface area contributed by atoms with Gasteiger partial charge in [-0.1, -0.05) is 19.9 Å². The first-order valence-electron chi connectivity index (χ1n) is 6.19. The van der Waals surface area contributed by atoms with E-state index in [4.69, 9.17) is 4.74 Å². The normalized spacial score (nSPS) is 13.4. The van der Waals surface area contributed by atoms with Gasteiger partial charge in [-0.2, -0.15) is 0 Å². The fourth-order valence-electron chi connectivity index (χ4n) is 1.97. The smallest absolute Gasteiger partial charge is 0.133 e. The topological polar surface area (TPSA) is 49.7 Å². The van der Waals surface area contributed by atoms with Crippen LogP contribution in [-0.4, -0.2) is 29.0 Å². The molecule has 1 atom stereocenters. The third-order valence-electron chi connectivity index (χ3n) is 3.49. The van der Waals surface area contributed by atoms with Crippen molar-refractivity contribution >= 4 is 15.9 Å². The van der Waals surface area contributed by atoms with Crippen molar-refractivity contribution in [1.29, 1.82) is 0 Å². The number of hydrogen-bond donors (Lipinski definition) is 2. The van der Waals surface area contributed by atoms with Gasteiger partial charge in [-0.15, -0.1) is 0 Å². The molecule has 0 spiro atoms. The van der Waals surface area contributed by atoms with Gasteiger partial charge in [-0.3, -0.25) is 0 Å². The number of methoxy groups -OCH3 is 1. The minimum atomic E-state index is -1.01. The zero-order valence-corrected chi connectivity index (χ0v) is 12.7. The van der Waals surface area contributed by atoms with E-state index in [9.17, 15) is 10.2 Å². The number of aliphatic hydroxyl groups is 2. The van der Waals surface area contributed by atoms with Crippen molar-refractivity contribution < 1.29 is 14.9 Å². The Hall–Kier alpha value is -0.580. The van der Waals surface area contributed by atoms with Gasteiger partial charge in [-0.25, -0.2) is 0 Å². The molecule has 0 saturated carbocycles. The molecule has 102 valence electrons. The van der Waals surface area contributed by atoms with E-state index >= 15 is 0 Å². The Kier molecular flexibility index (Phi) is 5.63. The maximum atomic E-state index is 10.2. The highest BCUT2D eigenvalue weighted by molar-refractivity contribution is 9.10. The second-order valence-electron chi connectivity index (χ2n) is 4.50. The van der Waals surface area contributed by atoms with Crippen molar-refractivity contribution in [2.45, 2.75) is 44.8 Å². The molecule has 0 saturated heterocycles. The zero-order valence-electron chi connectivity index (χ0n) is 11.1. The molecule has 1 aromatic carbocycles. The predicted octanol–water partition coefficient (Wildman–Crippen LogP) is 2.91. The van der Waals surface area contributed by atoms with Gasteiger partial charge in [0, 0.05) is 6.42 Å². The monoisotopic (exact) mass is 316 g/mol. The van der Waals surface area contributed by atoms with Crippen LogP contribution in [0.3, 0.4) is 0 Å². The molecule has 2 N–H and O–H groups in total. The van der Waals surface area contributed by atoms with Gasteiger partial charge in [0.2, 0.25) is 0 Å². The van der Waals surface area contributed by atoms with Gasteiger partial charge >= 0.3 is 0 Å². The molecule has 1 rings (SSSR count). The van der Waals surface area contributed by atoms with Gasteiger partial charge in [0.1, 0.15) is 5.75 Å². The van der Waals surface area contributed by atoms with E-state index in [-0.39, 0.29) is 0 Å². The summed E-state index contributed by atoms with van der Waals surface area (Å²) in [7, 11) is 1.61. The molecule has 0 aliphatic carbocycles. The highest BCUT2D eigenvalue weighted by Gasteiger charge is 2.31. The third kappa shape index (κ3) is 3.46. The molecular formula is C14H21BrO3. The molecule has 0 fully saturated rings. The van der Waals surface area contributed by atoms with Crippen LogP contribution in [0.5, 0.6) is 5.75 Å². The van der Waals surface area contributed by atoms with Gasteiger partial charge in [0.05, 0.1) is 23.3 Å². The lowest BCUT2D eigenvalue weighted by Gasteiger charge is -2.31. The van der Waals surface area contributed by atoms with Crippen LogP contribution in [0.2, 0.25) is 0 Å². The summed E-state index contributed by atoms with van der Waals surface area (Å²) >= 11 is 3.41. The summed E-state index contributed by atoms with van der Waals surface area (Å²) in [4.78, 5) is 0. The molecule has 0 radical (unpaired) electrons. The van der Waals surface area contributed by atoms with Gasteiger partial charge in [0.15, 0.2) is 0 Å². The highest BCUT2D eigenvalue weighted by atomic mass is 79.9. The lowest BCUT2D eigenvalue weighted by Crippen LogP contribution is -2.42. The van der Waals surface area contributed by atoms with Gasteiger partial charge < -0.3 is 14.9 Å². The van der Waals surface area contributed by atoms with Crippen LogP contribution in [0.15, 0.2) is 22.7 Å². The minimum absolute atomic E-state index is 0.431. The minimum Gasteiger partial charge on any atom is -0.496 e. The van der Waals surface area contributed by atoms with Crippen LogP contribution in [0.25, 0.3) is 0 Å². The molecule has 1 unspecified atom stereocenters. The summed E-state index contributed by atoms with van der Waals surface area (Å²) in [5.41, 5.74) is -0.0395. The molecule has 0 aliphatic rings. The van der Waals surface area contributed by atoms with Crippen molar-refractivity contribution in [2.24, 2.45) is 0 Å². The van der Waals surface area contributed by atoms with Crippen LogP contribution in [-0.2, 0) is 6.42 Å². The Morgan fingerprint density at radius 2 is 1.94 bits per heavy atom. The average molecular weight is 317 g/mol.